The summed E-state index contributed by atoms with van der Waals surface area (Å²) in [5.41, 5.74) is 2.79. The van der Waals surface area contributed by atoms with E-state index >= 15 is 0 Å². The fourth-order valence-electron chi connectivity index (χ4n) is 3.13. The minimum absolute atomic E-state index is 0.0876. The lowest BCUT2D eigenvalue weighted by Crippen LogP contribution is -2.33. The van der Waals surface area contributed by atoms with E-state index < -0.39 is 21.9 Å². The average molecular weight is 414 g/mol. The molecule has 0 aliphatic heterocycles. The van der Waals surface area contributed by atoms with Crippen molar-refractivity contribution < 1.29 is 17.5 Å². The summed E-state index contributed by atoms with van der Waals surface area (Å²) < 4.78 is 47.8. The van der Waals surface area contributed by atoms with Gasteiger partial charge in [0.25, 0.3) is 10.0 Å². The molecule has 3 aromatic rings. The first-order valence-corrected chi connectivity index (χ1v) is 10.7. The van der Waals surface area contributed by atoms with Crippen LogP contribution in [0.25, 0.3) is 0 Å². The van der Waals surface area contributed by atoms with Crippen LogP contribution in [0.15, 0.2) is 71.6 Å². The third kappa shape index (κ3) is 4.27. The number of aryl methyl sites for hydroxylation is 2. The molecule has 0 fully saturated rings. The second-order valence-corrected chi connectivity index (χ2v) is 8.81. The number of hydrogen-bond donors (Lipinski definition) is 0. The largest absolute Gasteiger partial charge is 0.497 e. The van der Waals surface area contributed by atoms with E-state index in [-0.39, 0.29) is 4.90 Å². The van der Waals surface area contributed by atoms with Crippen LogP contribution in [0.1, 0.15) is 29.7 Å². The monoisotopic (exact) mass is 413 g/mol. The molecular formula is C23H24FNO3S. The van der Waals surface area contributed by atoms with Gasteiger partial charge in [-0.15, -0.1) is 0 Å². The first-order chi connectivity index (χ1) is 13.7. The molecular weight excluding hydrogens is 389 g/mol. The summed E-state index contributed by atoms with van der Waals surface area (Å²) in [4.78, 5) is -0.0876. The summed E-state index contributed by atoms with van der Waals surface area (Å²) in [7, 11) is -2.47. The highest BCUT2D eigenvalue weighted by molar-refractivity contribution is 7.92. The molecule has 4 nitrogen and oxygen atoms in total. The van der Waals surface area contributed by atoms with Crippen LogP contribution in [0.3, 0.4) is 0 Å². The Morgan fingerprint density at radius 1 is 0.931 bits per heavy atom. The Hall–Kier alpha value is -2.86. The van der Waals surface area contributed by atoms with Crippen LogP contribution >= 0.6 is 0 Å². The molecule has 0 aliphatic rings. The molecule has 152 valence electrons. The molecule has 0 saturated heterocycles. The second kappa shape index (κ2) is 8.25. The lowest BCUT2D eigenvalue weighted by molar-refractivity contribution is 0.415. The molecule has 0 N–H and O–H groups in total. The van der Waals surface area contributed by atoms with E-state index in [1.165, 1.54) is 16.4 Å². The Kier molecular flexibility index (Phi) is 5.94. The van der Waals surface area contributed by atoms with E-state index in [1.807, 2.05) is 38.1 Å². The van der Waals surface area contributed by atoms with Gasteiger partial charge in [-0.2, -0.15) is 0 Å². The Balaban J connectivity index is 2.15. The van der Waals surface area contributed by atoms with E-state index in [4.69, 9.17) is 4.74 Å². The summed E-state index contributed by atoms with van der Waals surface area (Å²) >= 11 is 0. The highest BCUT2D eigenvalue weighted by atomic mass is 32.2. The highest BCUT2D eigenvalue weighted by Gasteiger charge is 2.31. The van der Waals surface area contributed by atoms with Crippen molar-refractivity contribution in [2.75, 3.05) is 11.4 Å². The molecule has 0 amide bonds. The second-order valence-electron chi connectivity index (χ2n) is 7.00. The Morgan fingerprint density at radius 2 is 1.55 bits per heavy atom. The van der Waals surface area contributed by atoms with Crippen molar-refractivity contribution in [3.8, 4) is 5.75 Å². The summed E-state index contributed by atoms with van der Waals surface area (Å²) in [6, 6.07) is 18.0. The van der Waals surface area contributed by atoms with Gasteiger partial charge in [-0.1, -0.05) is 35.9 Å². The number of benzene rings is 3. The van der Waals surface area contributed by atoms with Gasteiger partial charge >= 0.3 is 0 Å². The Labute approximate surface area is 171 Å². The minimum atomic E-state index is -4.02. The summed E-state index contributed by atoms with van der Waals surface area (Å²) in [6.07, 6.45) is 0. The summed E-state index contributed by atoms with van der Waals surface area (Å²) in [6.45, 7) is 5.39. The zero-order valence-corrected chi connectivity index (χ0v) is 17.7. The third-order valence-corrected chi connectivity index (χ3v) is 6.83. The minimum Gasteiger partial charge on any atom is -0.497 e. The van der Waals surface area contributed by atoms with Crippen molar-refractivity contribution in [3.63, 3.8) is 0 Å². The van der Waals surface area contributed by atoms with E-state index in [0.717, 1.165) is 17.2 Å². The molecule has 0 aliphatic carbocycles. The van der Waals surface area contributed by atoms with Crippen LogP contribution in [0.2, 0.25) is 0 Å². The molecule has 3 rings (SSSR count). The van der Waals surface area contributed by atoms with Crippen molar-refractivity contribution in [2.45, 2.75) is 31.7 Å². The lowest BCUT2D eigenvalue weighted by atomic mass is 10.1. The maximum Gasteiger partial charge on any atom is 0.264 e. The van der Waals surface area contributed by atoms with Gasteiger partial charge in [0.05, 0.1) is 23.7 Å². The fraction of sp³-hybridized carbons (Fsp3) is 0.217. The number of anilines is 1. The van der Waals surface area contributed by atoms with Crippen LogP contribution in [0.5, 0.6) is 5.75 Å². The van der Waals surface area contributed by atoms with Gasteiger partial charge < -0.3 is 4.74 Å². The maximum absolute atomic E-state index is 14.1. The van der Waals surface area contributed by atoms with E-state index in [1.54, 1.807) is 38.3 Å². The highest BCUT2D eigenvalue weighted by Crippen LogP contribution is 2.34. The number of sulfonamides is 1. The van der Waals surface area contributed by atoms with Crippen molar-refractivity contribution in [3.05, 3.63) is 89.2 Å². The lowest BCUT2D eigenvalue weighted by Gasteiger charge is -2.31. The van der Waals surface area contributed by atoms with Gasteiger partial charge in [0.15, 0.2) is 0 Å². The predicted octanol–water partition coefficient (Wildman–Crippen LogP) is 5.41. The molecule has 0 heterocycles. The van der Waals surface area contributed by atoms with Gasteiger partial charge in [-0.05, 0) is 68.3 Å². The zero-order valence-electron chi connectivity index (χ0n) is 16.9. The quantitative estimate of drug-likeness (QED) is 0.543. The standard InChI is InChI=1S/C23H24FNO3S/c1-16-5-8-19(9-6-16)18(3)25(20-10-12-21(28-4)13-11-20)29(26,27)22-14-7-17(2)23(24)15-22/h5-15,18H,1-4H3/t18-/m0/s1. The SMILES string of the molecule is COc1ccc(N([C@@H](C)c2ccc(C)cc2)S(=O)(=O)c2ccc(C)c(F)c2)cc1. The fourth-order valence-corrected chi connectivity index (χ4v) is 4.78. The predicted molar refractivity (Wildman–Crippen MR) is 113 cm³/mol. The molecule has 0 bridgehead atoms. The van der Waals surface area contributed by atoms with Gasteiger partial charge in [0.2, 0.25) is 0 Å². The first kappa shape index (κ1) is 20.9. The number of hydrogen-bond acceptors (Lipinski definition) is 3. The first-order valence-electron chi connectivity index (χ1n) is 9.25. The van der Waals surface area contributed by atoms with Gasteiger partial charge in [-0.3, -0.25) is 4.31 Å². The van der Waals surface area contributed by atoms with E-state index in [0.29, 0.717) is 17.0 Å². The maximum atomic E-state index is 14.1. The van der Waals surface area contributed by atoms with Crippen molar-refractivity contribution in [1.29, 1.82) is 0 Å². The van der Waals surface area contributed by atoms with Crippen LogP contribution in [0, 0.1) is 19.7 Å². The Morgan fingerprint density at radius 3 is 2.10 bits per heavy atom. The van der Waals surface area contributed by atoms with Gasteiger partial charge in [0, 0.05) is 0 Å². The van der Waals surface area contributed by atoms with Gasteiger partial charge in [0.1, 0.15) is 11.6 Å². The number of ether oxygens (including phenoxy) is 1. The van der Waals surface area contributed by atoms with E-state index in [2.05, 4.69) is 0 Å². The zero-order chi connectivity index (χ0) is 21.2. The summed E-state index contributed by atoms with van der Waals surface area (Å²) in [5.74, 6) is 0.0687. The van der Waals surface area contributed by atoms with Gasteiger partial charge in [-0.25, -0.2) is 12.8 Å². The van der Waals surface area contributed by atoms with Crippen LogP contribution in [-0.4, -0.2) is 15.5 Å². The molecule has 0 saturated carbocycles. The molecule has 6 heteroatoms. The summed E-state index contributed by atoms with van der Waals surface area (Å²) in [5, 5.41) is 0. The van der Waals surface area contributed by atoms with E-state index in [9.17, 15) is 12.8 Å². The molecule has 0 unspecified atom stereocenters. The molecule has 29 heavy (non-hydrogen) atoms. The average Bonchev–Trinajstić information content (AvgIpc) is 2.71. The molecule has 0 spiro atoms. The normalized spacial score (nSPS) is 12.4. The number of methoxy groups -OCH3 is 1. The van der Waals surface area contributed by atoms with Crippen molar-refractivity contribution in [1.82, 2.24) is 0 Å². The van der Waals surface area contributed by atoms with Crippen molar-refractivity contribution in [2.24, 2.45) is 0 Å². The third-order valence-electron chi connectivity index (χ3n) is 4.94. The van der Waals surface area contributed by atoms with Crippen LogP contribution in [-0.2, 0) is 10.0 Å². The Bertz CT molecular complexity index is 1090. The molecule has 0 aromatic heterocycles. The van der Waals surface area contributed by atoms with Crippen LogP contribution < -0.4 is 9.04 Å². The number of rotatable bonds is 6. The molecule has 1 atom stereocenters. The van der Waals surface area contributed by atoms with Crippen LogP contribution in [0.4, 0.5) is 10.1 Å². The molecule has 3 aromatic carbocycles. The topological polar surface area (TPSA) is 46.6 Å². The molecule has 0 radical (unpaired) electrons. The number of halogens is 1. The van der Waals surface area contributed by atoms with Crippen molar-refractivity contribution >= 4 is 15.7 Å². The number of nitrogens with zero attached hydrogens (tertiary/aromatic N) is 1. The smallest absolute Gasteiger partial charge is 0.264 e.